The third-order valence-electron chi connectivity index (χ3n) is 11.6. The minimum absolute atomic E-state index is 0.0413. The molecule has 8 aromatic carbocycles. The van der Waals surface area contributed by atoms with E-state index in [1.807, 2.05) is 0 Å². The minimum atomic E-state index is 0.0413. The van der Waals surface area contributed by atoms with Gasteiger partial charge >= 0.3 is 0 Å². The molecule has 1 aliphatic carbocycles. The van der Waals surface area contributed by atoms with Crippen molar-refractivity contribution in [1.29, 1.82) is 0 Å². The molecule has 0 saturated carbocycles. The summed E-state index contributed by atoms with van der Waals surface area (Å²) in [6.45, 7) is 9.68. The summed E-state index contributed by atoms with van der Waals surface area (Å²) in [5.74, 6) is 0. The van der Waals surface area contributed by atoms with Gasteiger partial charge in [0.1, 0.15) is 0 Å². The van der Waals surface area contributed by atoms with Crippen LogP contribution in [0, 0.1) is 0 Å². The molecule has 264 valence electrons. The fourth-order valence-electron chi connectivity index (χ4n) is 8.60. The first-order chi connectivity index (χ1) is 26.2. The standard InChI is InChI=1S/C52H46N2/c1-51(2)32-33-52(3,4)50-48(51)22-13-23-49(50)54(47-31-27-38-15-9-11-17-41(38)36-47)45-21-12-18-42(34-45)39-24-28-44(29-25-39)53(43-19-6-5-7-20-43)46-30-26-37-14-8-10-16-40(37)35-46/h5-31,34-36H,32-33H2,1-4H3. The number of nitrogens with zero attached hydrogens (tertiary/aromatic N) is 2. The smallest absolute Gasteiger partial charge is 0.0502 e. The third kappa shape index (κ3) is 6.12. The van der Waals surface area contributed by atoms with Gasteiger partial charge in [-0.25, -0.2) is 0 Å². The zero-order valence-corrected chi connectivity index (χ0v) is 31.6. The lowest BCUT2D eigenvalue weighted by atomic mass is 9.62. The molecule has 0 bridgehead atoms. The SMILES string of the molecule is CC1(C)CCC(C)(C)c2c(N(c3cccc(-c4ccc(N(c5ccccc5)c5ccc6ccccc6c5)cc4)c3)c3ccc4ccccc4c3)cccc21. The number of rotatable bonds is 7. The van der Waals surface area contributed by atoms with Crippen molar-refractivity contribution in [2.45, 2.75) is 51.4 Å². The quantitative estimate of drug-likeness (QED) is 0.163. The van der Waals surface area contributed by atoms with Gasteiger partial charge in [0.15, 0.2) is 0 Å². The highest BCUT2D eigenvalue weighted by Crippen LogP contribution is 2.52. The van der Waals surface area contributed by atoms with Crippen molar-refractivity contribution in [3.05, 3.63) is 193 Å². The van der Waals surface area contributed by atoms with Crippen LogP contribution in [-0.2, 0) is 10.8 Å². The molecule has 1 aliphatic rings. The molecule has 0 saturated heterocycles. The average molecular weight is 699 g/mol. The third-order valence-corrected chi connectivity index (χ3v) is 11.6. The average Bonchev–Trinajstić information content (AvgIpc) is 3.20. The molecule has 8 aromatic rings. The highest BCUT2D eigenvalue weighted by atomic mass is 15.1. The number of hydrogen-bond acceptors (Lipinski definition) is 2. The molecule has 0 fully saturated rings. The van der Waals surface area contributed by atoms with Crippen LogP contribution in [0.1, 0.15) is 51.7 Å². The van der Waals surface area contributed by atoms with Gasteiger partial charge in [-0.05, 0) is 134 Å². The molecule has 0 aromatic heterocycles. The maximum Gasteiger partial charge on any atom is 0.0502 e. The number of anilines is 6. The fraction of sp³-hybridized carbons (Fsp3) is 0.154. The van der Waals surface area contributed by atoms with Crippen molar-refractivity contribution in [3.8, 4) is 11.1 Å². The first-order valence-electron chi connectivity index (χ1n) is 19.2. The number of hydrogen-bond donors (Lipinski definition) is 0. The molecule has 0 heterocycles. The Kier molecular flexibility index (Phi) is 8.35. The lowest BCUT2D eigenvalue weighted by Gasteiger charge is -2.44. The number of para-hydroxylation sites is 1. The summed E-state index contributed by atoms with van der Waals surface area (Å²) in [6, 6.07) is 66.6. The highest BCUT2D eigenvalue weighted by molar-refractivity contribution is 5.92. The van der Waals surface area contributed by atoms with E-state index >= 15 is 0 Å². The molecule has 0 aliphatic heterocycles. The molecule has 0 amide bonds. The summed E-state index contributed by atoms with van der Waals surface area (Å²) < 4.78 is 0. The lowest BCUT2D eigenvalue weighted by Crippen LogP contribution is -2.35. The van der Waals surface area contributed by atoms with Gasteiger partial charge in [0.25, 0.3) is 0 Å². The molecular weight excluding hydrogens is 653 g/mol. The van der Waals surface area contributed by atoms with Gasteiger partial charge < -0.3 is 9.80 Å². The topological polar surface area (TPSA) is 6.48 Å². The Morgan fingerprint density at radius 3 is 1.52 bits per heavy atom. The Balaban J connectivity index is 1.15. The summed E-state index contributed by atoms with van der Waals surface area (Å²) in [5.41, 5.74) is 12.4. The van der Waals surface area contributed by atoms with Crippen molar-refractivity contribution >= 4 is 55.7 Å². The van der Waals surface area contributed by atoms with Gasteiger partial charge in [-0.15, -0.1) is 0 Å². The normalized spacial score (nSPS) is 14.4. The van der Waals surface area contributed by atoms with E-state index in [1.54, 1.807) is 0 Å². The molecule has 0 atom stereocenters. The van der Waals surface area contributed by atoms with E-state index in [2.05, 4.69) is 219 Å². The minimum Gasteiger partial charge on any atom is -0.310 e. The van der Waals surface area contributed by atoms with Crippen molar-refractivity contribution < 1.29 is 0 Å². The van der Waals surface area contributed by atoms with Crippen LogP contribution in [-0.4, -0.2) is 0 Å². The van der Waals surface area contributed by atoms with Crippen molar-refractivity contribution in [2.24, 2.45) is 0 Å². The zero-order chi connectivity index (χ0) is 36.9. The largest absolute Gasteiger partial charge is 0.310 e. The summed E-state index contributed by atoms with van der Waals surface area (Å²) >= 11 is 0. The maximum atomic E-state index is 2.50. The van der Waals surface area contributed by atoms with E-state index in [-0.39, 0.29) is 10.8 Å². The fourth-order valence-corrected chi connectivity index (χ4v) is 8.60. The maximum absolute atomic E-state index is 2.50. The Morgan fingerprint density at radius 2 is 0.852 bits per heavy atom. The van der Waals surface area contributed by atoms with Gasteiger partial charge in [0.2, 0.25) is 0 Å². The number of fused-ring (bicyclic) bond motifs is 3. The van der Waals surface area contributed by atoms with E-state index in [4.69, 9.17) is 0 Å². The first-order valence-corrected chi connectivity index (χ1v) is 19.2. The van der Waals surface area contributed by atoms with Crippen molar-refractivity contribution in [2.75, 3.05) is 9.80 Å². The van der Waals surface area contributed by atoms with Crippen LogP contribution in [0.5, 0.6) is 0 Å². The molecule has 9 rings (SSSR count). The molecule has 2 heteroatoms. The van der Waals surface area contributed by atoms with Gasteiger partial charge in [0, 0.05) is 28.4 Å². The van der Waals surface area contributed by atoms with Crippen LogP contribution in [0.15, 0.2) is 182 Å². The molecule has 54 heavy (non-hydrogen) atoms. The lowest BCUT2D eigenvalue weighted by molar-refractivity contribution is 0.332. The van der Waals surface area contributed by atoms with Crippen LogP contribution < -0.4 is 9.80 Å². The molecule has 0 radical (unpaired) electrons. The van der Waals surface area contributed by atoms with E-state index in [9.17, 15) is 0 Å². The highest BCUT2D eigenvalue weighted by Gasteiger charge is 2.39. The molecule has 0 unspecified atom stereocenters. The Labute approximate surface area is 320 Å². The van der Waals surface area contributed by atoms with E-state index in [0.29, 0.717) is 0 Å². The van der Waals surface area contributed by atoms with E-state index in [1.165, 1.54) is 61.6 Å². The van der Waals surface area contributed by atoms with Crippen LogP contribution in [0.4, 0.5) is 34.1 Å². The van der Waals surface area contributed by atoms with Gasteiger partial charge in [0.05, 0.1) is 5.69 Å². The van der Waals surface area contributed by atoms with Gasteiger partial charge in [-0.1, -0.05) is 143 Å². The van der Waals surface area contributed by atoms with E-state index in [0.717, 1.165) is 29.2 Å². The van der Waals surface area contributed by atoms with Crippen LogP contribution in [0.2, 0.25) is 0 Å². The second-order valence-electron chi connectivity index (χ2n) is 16.1. The second-order valence-corrected chi connectivity index (χ2v) is 16.1. The predicted molar refractivity (Wildman–Crippen MR) is 232 cm³/mol. The van der Waals surface area contributed by atoms with Gasteiger partial charge in [-0.2, -0.15) is 0 Å². The second kappa shape index (κ2) is 13.4. The predicted octanol–water partition coefficient (Wildman–Crippen LogP) is 14.9. The number of benzene rings is 8. The summed E-state index contributed by atoms with van der Waals surface area (Å²) in [6.07, 6.45) is 2.33. The molecule has 0 N–H and O–H groups in total. The first kappa shape index (κ1) is 33.7. The molecule has 0 spiro atoms. The molecule has 2 nitrogen and oxygen atoms in total. The van der Waals surface area contributed by atoms with Crippen LogP contribution in [0.3, 0.4) is 0 Å². The Morgan fingerprint density at radius 1 is 0.352 bits per heavy atom. The summed E-state index contributed by atoms with van der Waals surface area (Å²) in [7, 11) is 0. The molecular formula is C52H46N2. The van der Waals surface area contributed by atoms with E-state index < -0.39 is 0 Å². The Bertz CT molecular complexity index is 2620. The summed E-state index contributed by atoms with van der Waals surface area (Å²) in [5, 5.41) is 4.96. The monoisotopic (exact) mass is 698 g/mol. The van der Waals surface area contributed by atoms with Crippen LogP contribution >= 0.6 is 0 Å². The zero-order valence-electron chi connectivity index (χ0n) is 31.6. The van der Waals surface area contributed by atoms with Crippen molar-refractivity contribution in [3.63, 3.8) is 0 Å². The van der Waals surface area contributed by atoms with Crippen LogP contribution in [0.25, 0.3) is 32.7 Å². The van der Waals surface area contributed by atoms with Gasteiger partial charge in [-0.3, -0.25) is 0 Å². The van der Waals surface area contributed by atoms with Crippen molar-refractivity contribution in [1.82, 2.24) is 0 Å². The Hall–Kier alpha value is -6.12. The summed E-state index contributed by atoms with van der Waals surface area (Å²) in [4.78, 5) is 4.85.